The van der Waals surface area contributed by atoms with Gasteiger partial charge < -0.3 is 15.4 Å². The Hall–Kier alpha value is -2.26. The summed E-state index contributed by atoms with van der Waals surface area (Å²) >= 11 is 0. The van der Waals surface area contributed by atoms with Crippen molar-refractivity contribution in [2.45, 2.75) is 32.0 Å². The van der Waals surface area contributed by atoms with Crippen LogP contribution in [0.25, 0.3) is 0 Å². The molecule has 1 aromatic heterocycles. The lowest BCUT2D eigenvalue weighted by molar-refractivity contribution is -0.0504. The average Bonchev–Trinajstić information content (AvgIpc) is 3.11. The molecule has 0 saturated carbocycles. The Morgan fingerprint density at radius 1 is 1.35 bits per heavy atom. The summed E-state index contributed by atoms with van der Waals surface area (Å²) in [6.07, 6.45) is 3.48. The Balaban J connectivity index is 0.00000243. The second-order valence-corrected chi connectivity index (χ2v) is 5.73. The number of hydrogen-bond donors (Lipinski definition) is 2. The van der Waals surface area contributed by atoms with Crippen LogP contribution in [0.4, 0.5) is 8.78 Å². The third kappa shape index (κ3) is 5.12. The zero-order chi connectivity index (χ0) is 17.6. The number of piperidine rings is 1. The van der Waals surface area contributed by atoms with Crippen LogP contribution in [0.2, 0.25) is 0 Å². The lowest BCUT2D eigenvalue weighted by Gasteiger charge is -2.22. The van der Waals surface area contributed by atoms with Crippen molar-refractivity contribution in [3.8, 4) is 5.75 Å². The van der Waals surface area contributed by atoms with Gasteiger partial charge in [0.1, 0.15) is 5.75 Å². The summed E-state index contributed by atoms with van der Waals surface area (Å²) in [5.41, 5.74) is 0.660. The normalized spacial score (nSPS) is 14.7. The topological polar surface area (TPSA) is 81.1 Å². The largest absolute Gasteiger partial charge is 0.434 e. The number of halogens is 3. The van der Waals surface area contributed by atoms with Gasteiger partial charge >= 0.3 is 6.61 Å². The maximum absolute atomic E-state index is 12.4. The van der Waals surface area contributed by atoms with E-state index in [0.29, 0.717) is 5.56 Å². The van der Waals surface area contributed by atoms with Crippen molar-refractivity contribution in [2.75, 3.05) is 13.1 Å². The Morgan fingerprint density at radius 3 is 2.81 bits per heavy atom. The van der Waals surface area contributed by atoms with Crippen LogP contribution in [-0.2, 0) is 6.54 Å². The summed E-state index contributed by atoms with van der Waals surface area (Å²) in [6.45, 7) is -1.04. The van der Waals surface area contributed by atoms with E-state index in [9.17, 15) is 13.6 Å². The number of rotatable bonds is 6. The SMILES string of the molecule is Cl.O=C(NCc1ccccc1OC(F)F)c1cn(C2CCNCC2)nn1. The summed E-state index contributed by atoms with van der Waals surface area (Å²) in [6, 6.07) is 6.56. The number of para-hydroxylation sites is 1. The van der Waals surface area contributed by atoms with Crippen molar-refractivity contribution < 1.29 is 18.3 Å². The fourth-order valence-electron chi connectivity index (χ4n) is 2.76. The van der Waals surface area contributed by atoms with E-state index in [1.807, 2.05) is 0 Å². The molecule has 0 atom stereocenters. The highest BCUT2D eigenvalue weighted by atomic mass is 35.5. The van der Waals surface area contributed by atoms with Gasteiger partial charge in [-0.05, 0) is 32.0 Å². The molecule has 3 rings (SSSR count). The maximum atomic E-state index is 12.4. The predicted molar refractivity (Wildman–Crippen MR) is 92.7 cm³/mol. The molecule has 1 aromatic carbocycles. The Morgan fingerprint density at radius 2 is 2.08 bits per heavy atom. The van der Waals surface area contributed by atoms with E-state index >= 15 is 0 Å². The fourth-order valence-corrected chi connectivity index (χ4v) is 2.76. The monoisotopic (exact) mass is 387 g/mol. The minimum Gasteiger partial charge on any atom is -0.434 e. The number of alkyl halides is 2. The molecule has 2 N–H and O–H groups in total. The zero-order valence-electron chi connectivity index (χ0n) is 13.9. The molecule has 1 amide bonds. The number of benzene rings is 1. The van der Waals surface area contributed by atoms with Gasteiger partial charge in [0.25, 0.3) is 5.91 Å². The van der Waals surface area contributed by atoms with Crippen molar-refractivity contribution in [2.24, 2.45) is 0 Å². The third-order valence-corrected chi connectivity index (χ3v) is 4.05. The molecule has 0 aliphatic carbocycles. The molecule has 0 bridgehead atoms. The first-order chi connectivity index (χ1) is 12.1. The van der Waals surface area contributed by atoms with Crippen molar-refractivity contribution in [3.05, 3.63) is 41.7 Å². The first kappa shape index (κ1) is 20.1. The quantitative estimate of drug-likeness (QED) is 0.793. The van der Waals surface area contributed by atoms with Gasteiger partial charge in [0.2, 0.25) is 0 Å². The van der Waals surface area contributed by atoms with Crippen LogP contribution >= 0.6 is 12.4 Å². The van der Waals surface area contributed by atoms with Crippen molar-refractivity contribution >= 4 is 18.3 Å². The fraction of sp³-hybridized carbons (Fsp3) is 0.438. The second-order valence-electron chi connectivity index (χ2n) is 5.73. The summed E-state index contributed by atoms with van der Waals surface area (Å²) in [4.78, 5) is 12.2. The van der Waals surface area contributed by atoms with E-state index < -0.39 is 12.5 Å². The summed E-state index contributed by atoms with van der Waals surface area (Å²) in [5.74, 6) is -0.372. The minimum absolute atomic E-state index is 0. The molecule has 1 aliphatic heterocycles. The lowest BCUT2D eigenvalue weighted by Crippen LogP contribution is -2.29. The molecule has 7 nitrogen and oxygen atoms in total. The van der Waals surface area contributed by atoms with Crippen LogP contribution in [0.3, 0.4) is 0 Å². The third-order valence-electron chi connectivity index (χ3n) is 4.05. The van der Waals surface area contributed by atoms with Crippen molar-refractivity contribution in [3.63, 3.8) is 0 Å². The first-order valence-electron chi connectivity index (χ1n) is 8.07. The van der Waals surface area contributed by atoms with Crippen molar-refractivity contribution in [1.29, 1.82) is 0 Å². The van der Waals surface area contributed by atoms with Crippen LogP contribution in [0, 0.1) is 0 Å². The highest BCUT2D eigenvalue weighted by molar-refractivity contribution is 5.91. The number of hydrogen-bond acceptors (Lipinski definition) is 5. The molecule has 142 valence electrons. The second kappa shape index (κ2) is 9.44. The van der Waals surface area contributed by atoms with Crippen LogP contribution < -0.4 is 15.4 Å². The molecule has 2 heterocycles. The smallest absolute Gasteiger partial charge is 0.387 e. The van der Waals surface area contributed by atoms with E-state index in [4.69, 9.17) is 0 Å². The minimum atomic E-state index is -2.92. The van der Waals surface area contributed by atoms with Gasteiger partial charge in [-0.3, -0.25) is 4.79 Å². The van der Waals surface area contributed by atoms with Crippen LogP contribution in [0.15, 0.2) is 30.5 Å². The lowest BCUT2D eigenvalue weighted by atomic mass is 10.1. The molecule has 1 fully saturated rings. The summed E-state index contributed by atoms with van der Waals surface area (Å²) < 4.78 is 31.0. The Bertz CT molecular complexity index is 722. The molecule has 1 aliphatic rings. The first-order valence-corrected chi connectivity index (χ1v) is 8.07. The molecule has 1 saturated heterocycles. The average molecular weight is 388 g/mol. The van der Waals surface area contributed by atoms with Crippen LogP contribution in [0.5, 0.6) is 5.75 Å². The molecule has 26 heavy (non-hydrogen) atoms. The number of carbonyl (C=O) groups excluding carboxylic acids is 1. The number of ether oxygens (including phenoxy) is 1. The highest BCUT2D eigenvalue weighted by Gasteiger charge is 2.19. The number of nitrogens with zero attached hydrogens (tertiary/aromatic N) is 3. The maximum Gasteiger partial charge on any atom is 0.387 e. The number of aromatic nitrogens is 3. The number of nitrogens with one attached hydrogen (secondary N) is 2. The molecule has 2 aromatic rings. The van der Waals surface area contributed by atoms with Crippen LogP contribution in [0.1, 0.15) is 34.9 Å². The Labute approximate surface area is 155 Å². The highest BCUT2D eigenvalue weighted by Crippen LogP contribution is 2.20. The van der Waals surface area contributed by atoms with Gasteiger partial charge in [-0.2, -0.15) is 8.78 Å². The van der Waals surface area contributed by atoms with Gasteiger partial charge in [-0.25, -0.2) is 4.68 Å². The van der Waals surface area contributed by atoms with Crippen LogP contribution in [-0.4, -0.2) is 40.6 Å². The van der Waals surface area contributed by atoms with E-state index in [0.717, 1.165) is 25.9 Å². The summed E-state index contributed by atoms with van der Waals surface area (Å²) in [7, 11) is 0. The van der Waals surface area contributed by atoms with Gasteiger partial charge in [0.15, 0.2) is 5.69 Å². The standard InChI is InChI=1S/C16H19F2N5O2.ClH/c17-16(18)25-14-4-2-1-3-11(14)9-20-15(24)13-10-23(22-21-13)12-5-7-19-8-6-12;/h1-4,10,12,16,19H,5-9H2,(H,20,24);1H. The summed E-state index contributed by atoms with van der Waals surface area (Å²) in [5, 5.41) is 13.8. The molecule has 0 radical (unpaired) electrons. The predicted octanol–water partition coefficient (Wildman–Crippen LogP) is 2.16. The molecular weight excluding hydrogens is 368 g/mol. The molecular formula is C16H20ClF2N5O2. The van der Waals surface area contributed by atoms with Gasteiger partial charge in [0.05, 0.1) is 12.2 Å². The molecule has 10 heteroatoms. The van der Waals surface area contributed by atoms with E-state index in [1.165, 1.54) is 6.07 Å². The zero-order valence-corrected chi connectivity index (χ0v) is 14.7. The Kier molecular flexibility index (Phi) is 7.28. The number of amides is 1. The van der Waals surface area contributed by atoms with E-state index in [-0.39, 0.29) is 36.4 Å². The van der Waals surface area contributed by atoms with Gasteiger partial charge in [0, 0.05) is 12.1 Å². The van der Waals surface area contributed by atoms with E-state index in [1.54, 1.807) is 29.1 Å². The van der Waals surface area contributed by atoms with Crippen molar-refractivity contribution in [1.82, 2.24) is 25.6 Å². The molecule has 0 unspecified atom stereocenters. The van der Waals surface area contributed by atoms with Gasteiger partial charge in [-0.15, -0.1) is 17.5 Å². The molecule has 0 spiro atoms. The van der Waals surface area contributed by atoms with Gasteiger partial charge in [-0.1, -0.05) is 23.4 Å². The number of carbonyl (C=O) groups is 1. The van der Waals surface area contributed by atoms with E-state index in [2.05, 4.69) is 25.7 Å².